The van der Waals surface area contributed by atoms with Gasteiger partial charge >= 0.3 is 11.9 Å². The van der Waals surface area contributed by atoms with Gasteiger partial charge in [-0.05, 0) is 55.5 Å². The first-order chi connectivity index (χ1) is 18.3. The number of fused-ring (bicyclic) bond motifs is 2. The third-order valence-corrected chi connectivity index (χ3v) is 9.59. The summed E-state index contributed by atoms with van der Waals surface area (Å²) in [5.74, 6) is -0.314. The number of hydrogen-bond donors (Lipinski definition) is 1. The van der Waals surface area contributed by atoms with Crippen molar-refractivity contribution in [1.29, 1.82) is 0 Å². The second kappa shape index (κ2) is 12.5. The topological polar surface area (TPSA) is 82.1 Å². The average molecular weight is 621 g/mol. The molecule has 39 heavy (non-hydrogen) atoms. The first kappa shape index (κ1) is 29.8. The molecule has 1 unspecified atom stereocenters. The lowest BCUT2D eigenvalue weighted by Crippen LogP contribution is -3.00. The minimum Gasteiger partial charge on any atom is -1.00 e. The molecule has 212 valence electrons. The van der Waals surface area contributed by atoms with Crippen LogP contribution in [0.2, 0.25) is 0 Å². The highest BCUT2D eigenvalue weighted by atomic mass is 79.9. The van der Waals surface area contributed by atoms with Gasteiger partial charge in [-0.25, -0.2) is 9.59 Å². The SMILES string of the molecule is CCOC(=O)COc1cccc(C[N@@+]2(C)[C@@H]3C=C[C@H]2C[C@H](OC(=O)C(O)(c2cccs2)C2CCCC2)C3)c1.[Br-]. The summed E-state index contributed by atoms with van der Waals surface area (Å²) in [6.45, 7) is 2.79. The van der Waals surface area contributed by atoms with Gasteiger partial charge in [0.1, 0.15) is 30.5 Å². The molecule has 1 N–H and O–H groups in total. The van der Waals surface area contributed by atoms with Crippen LogP contribution in [0.5, 0.6) is 5.75 Å². The number of ether oxygens (including phenoxy) is 3. The molecule has 2 bridgehead atoms. The Hall–Kier alpha value is -2.20. The summed E-state index contributed by atoms with van der Waals surface area (Å²) in [7, 11) is 2.25. The van der Waals surface area contributed by atoms with Crippen LogP contribution < -0.4 is 21.7 Å². The van der Waals surface area contributed by atoms with Crippen molar-refractivity contribution in [2.75, 3.05) is 20.3 Å². The van der Waals surface area contributed by atoms with Gasteiger partial charge in [-0.3, -0.25) is 0 Å². The summed E-state index contributed by atoms with van der Waals surface area (Å²) in [6, 6.07) is 12.0. The zero-order chi connectivity index (χ0) is 26.8. The van der Waals surface area contributed by atoms with E-state index < -0.39 is 11.6 Å². The van der Waals surface area contributed by atoms with Gasteiger partial charge < -0.3 is 40.8 Å². The number of carbonyl (C=O) groups excluding carboxylic acids is 2. The number of esters is 2. The van der Waals surface area contributed by atoms with E-state index in [9.17, 15) is 14.7 Å². The number of quaternary nitrogens is 1. The Labute approximate surface area is 245 Å². The molecule has 2 fully saturated rings. The van der Waals surface area contributed by atoms with Gasteiger partial charge in [0.15, 0.2) is 12.2 Å². The molecule has 3 aliphatic rings. The Bertz CT molecular complexity index is 1150. The summed E-state index contributed by atoms with van der Waals surface area (Å²) >= 11 is 1.43. The molecule has 1 aromatic heterocycles. The van der Waals surface area contributed by atoms with Gasteiger partial charge in [0.25, 0.3) is 0 Å². The van der Waals surface area contributed by atoms with Gasteiger partial charge in [-0.2, -0.15) is 0 Å². The molecular formula is C30H38BrNO6S. The summed E-state index contributed by atoms with van der Waals surface area (Å²) < 4.78 is 17.5. The van der Waals surface area contributed by atoms with E-state index in [1.807, 2.05) is 35.7 Å². The van der Waals surface area contributed by atoms with Crippen LogP contribution in [-0.2, 0) is 31.2 Å². The van der Waals surface area contributed by atoms with Gasteiger partial charge in [0, 0.05) is 29.2 Å². The molecule has 5 rings (SSSR count). The Morgan fingerprint density at radius 2 is 1.82 bits per heavy atom. The molecule has 1 aromatic carbocycles. The van der Waals surface area contributed by atoms with E-state index in [0.29, 0.717) is 17.2 Å². The maximum atomic E-state index is 13.6. The Kier molecular flexibility index (Phi) is 9.57. The first-order valence-corrected chi connectivity index (χ1v) is 14.6. The molecule has 1 saturated heterocycles. The average Bonchev–Trinajstić information content (AvgIpc) is 3.65. The fraction of sp³-hybridized carbons (Fsp3) is 0.533. The maximum Gasteiger partial charge on any atom is 0.344 e. The lowest BCUT2D eigenvalue weighted by molar-refractivity contribution is -0.957. The standard InChI is InChI=1S/C30H38NO6S.BrH/c1-3-35-28(32)20-36-25-11-6-8-21(16-25)19-31(2)23-13-14-24(31)18-26(17-23)37-29(33)30(34,22-9-4-5-10-22)27-12-7-15-38-27;/h6-8,11-16,22-24,26,34H,3-5,9-10,17-20H2,1-2H3;1H/q+1;/p-1/t23-,24+,26-,30?,31+;. The summed E-state index contributed by atoms with van der Waals surface area (Å²) in [4.78, 5) is 25.9. The first-order valence-electron chi connectivity index (χ1n) is 13.7. The van der Waals surface area contributed by atoms with Crippen LogP contribution in [0.15, 0.2) is 53.9 Å². The van der Waals surface area contributed by atoms with Gasteiger partial charge in [-0.1, -0.05) is 31.0 Å². The highest BCUT2D eigenvalue weighted by Crippen LogP contribution is 2.45. The van der Waals surface area contributed by atoms with Crippen molar-refractivity contribution in [2.45, 2.75) is 75.8 Å². The fourth-order valence-corrected chi connectivity index (χ4v) is 7.41. The lowest BCUT2D eigenvalue weighted by Gasteiger charge is -2.47. The van der Waals surface area contributed by atoms with Crippen molar-refractivity contribution in [3.05, 3.63) is 64.4 Å². The van der Waals surface area contributed by atoms with Crippen LogP contribution in [0.25, 0.3) is 0 Å². The quantitative estimate of drug-likeness (QED) is 0.248. The number of rotatable bonds is 10. The van der Waals surface area contributed by atoms with Crippen LogP contribution >= 0.6 is 11.3 Å². The highest BCUT2D eigenvalue weighted by Gasteiger charge is 2.53. The molecule has 0 spiro atoms. The van der Waals surface area contributed by atoms with Gasteiger partial charge in [0.05, 0.1) is 13.7 Å². The Morgan fingerprint density at radius 3 is 2.46 bits per heavy atom. The highest BCUT2D eigenvalue weighted by molar-refractivity contribution is 7.10. The molecule has 0 amide bonds. The second-order valence-corrected chi connectivity index (χ2v) is 11.9. The molecule has 7 nitrogen and oxygen atoms in total. The molecule has 9 heteroatoms. The van der Waals surface area contributed by atoms with E-state index in [4.69, 9.17) is 14.2 Å². The predicted molar refractivity (Wildman–Crippen MR) is 144 cm³/mol. The minimum absolute atomic E-state index is 0. The molecule has 5 atom stereocenters. The van der Waals surface area contributed by atoms with E-state index in [1.54, 1.807) is 6.92 Å². The number of carbonyl (C=O) groups is 2. The van der Waals surface area contributed by atoms with E-state index in [2.05, 4.69) is 25.3 Å². The molecule has 1 aliphatic carbocycles. The van der Waals surface area contributed by atoms with Crippen molar-refractivity contribution >= 4 is 23.3 Å². The number of hydrogen-bond acceptors (Lipinski definition) is 7. The molecule has 1 saturated carbocycles. The van der Waals surface area contributed by atoms with Crippen LogP contribution in [-0.4, -0.2) is 60.0 Å². The van der Waals surface area contributed by atoms with Crippen molar-refractivity contribution in [1.82, 2.24) is 0 Å². The largest absolute Gasteiger partial charge is 1.00 e. The van der Waals surface area contributed by atoms with Gasteiger partial charge in [-0.15, -0.1) is 11.3 Å². The van der Waals surface area contributed by atoms with Crippen LogP contribution in [0.1, 0.15) is 55.9 Å². The number of likely N-dealkylation sites (N-methyl/N-ethyl adjacent to an activating group) is 1. The molecule has 3 heterocycles. The fourth-order valence-electron chi connectivity index (χ4n) is 6.52. The molecule has 2 aromatic rings. The molecule has 2 aliphatic heterocycles. The Balaban J connectivity index is 0.00000353. The monoisotopic (exact) mass is 619 g/mol. The summed E-state index contributed by atoms with van der Waals surface area (Å²) in [5.41, 5.74) is -0.437. The predicted octanol–water partition coefficient (Wildman–Crippen LogP) is 1.73. The minimum atomic E-state index is -1.56. The Morgan fingerprint density at radius 1 is 1.10 bits per heavy atom. The number of halogens is 1. The number of benzene rings is 1. The number of thiophene rings is 1. The van der Waals surface area contributed by atoms with E-state index >= 15 is 0 Å². The third kappa shape index (κ3) is 6.11. The van der Waals surface area contributed by atoms with Crippen molar-refractivity contribution < 1.29 is 50.4 Å². The van der Waals surface area contributed by atoms with E-state index in [1.165, 1.54) is 11.3 Å². The van der Waals surface area contributed by atoms with Crippen molar-refractivity contribution in [2.24, 2.45) is 5.92 Å². The van der Waals surface area contributed by atoms with E-state index in [-0.39, 0.29) is 53.7 Å². The molecule has 0 radical (unpaired) electrons. The normalized spacial score (nSPS) is 27.4. The lowest BCUT2D eigenvalue weighted by atomic mass is 9.84. The zero-order valence-electron chi connectivity index (χ0n) is 22.6. The summed E-state index contributed by atoms with van der Waals surface area (Å²) in [6.07, 6.45) is 9.48. The van der Waals surface area contributed by atoms with Crippen LogP contribution in [0.3, 0.4) is 0 Å². The number of piperidine rings is 1. The zero-order valence-corrected chi connectivity index (χ0v) is 25.0. The van der Waals surface area contributed by atoms with Gasteiger partial charge in [0.2, 0.25) is 0 Å². The van der Waals surface area contributed by atoms with Crippen LogP contribution in [0.4, 0.5) is 0 Å². The van der Waals surface area contributed by atoms with Crippen molar-refractivity contribution in [3.8, 4) is 5.75 Å². The third-order valence-electron chi connectivity index (χ3n) is 8.59. The van der Waals surface area contributed by atoms with E-state index in [0.717, 1.165) is 55.1 Å². The second-order valence-electron chi connectivity index (χ2n) is 11.0. The van der Waals surface area contributed by atoms with Crippen LogP contribution in [0, 0.1) is 5.92 Å². The number of aliphatic hydroxyl groups is 1. The number of nitrogens with zero attached hydrogens (tertiary/aromatic N) is 1. The maximum absolute atomic E-state index is 13.6. The summed E-state index contributed by atoms with van der Waals surface area (Å²) in [5, 5.41) is 13.6. The smallest absolute Gasteiger partial charge is 0.344 e. The van der Waals surface area contributed by atoms with Crippen molar-refractivity contribution in [3.63, 3.8) is 0 Å². The molecular weight excluding hydrogens is 582 g/mol.